The number of anilines is 1. The molecule has 0 bridgehead atoms. The zero-order chi connectivity index (χ0) is 13.7. The van der Waals surface area contributed by atoms with Crippen LogP contribution in [0.1, 0.15) is 0 Å². The molecule has 0 aliphatic carbocycles. The fraction of sp³-hybridized carbons (Fsp3) is 0.538. The van der Waals surface area contributed by atoms with Gasteiger partial charge in [0.2, 0.25) is 0 Å². The molecule has 1 saturated heterocycles. The lowest BCUT2D eigenvalue weighted by Crippen LogP contribution is -2.53. The van der Waals surface area contributed by atoms with Gasteiger partial charge in [0, 0.05) is 7.11 Å². The number of halogens is 2. The van der Waals surface area contributed by atoms with Crippen molar-refractivity contribution in [3.8, 4) is 5.75 Å². The molecule has 6 heteroatoms. The summed E-state index contributed by atoms with van der Waals surface area (Å²) >= 11 is 0. The third kappa shape index (κ3) is 3.78. The van der Waals surface area contributed by atoms with E-state index in [4.69, 9.17) is 9.47 Å². The fourth-order valence-electron chi connectivity index (χ4n) is 2.04. The summed E-state index contributed by atoms with van der Waals surface area (Å²) in [5, 5.41) is 2.21. The van der Waals surface area contributed by atoms with Gasteiger partial charge in [-0.3, -0.25) is 5.32 Å². The SMILES string of the molecule is COCCOc1ccccc1N1CC(F)NC(F)C1. The van der Waals surface area contributed by atoms with Crippen molar-refractivity contribution in [2.45, 2.75) is 12.6 Å². The Bertz CT molecular complexity index is 396. The normalized spacial score (nSPS) is 23.4. The minimum absolute atomic E-state index is 0.102. The number of nitrogens with zero attached hydrogens (tertiary/aromatic N) is 1. The Balaban J connectivity index is 2.09. The van der Waals surface area contributed by atoms with Gasteiger partial charge >= 0.3 is 0 Å². The maximum Gasteiger partial charge on any atom is 0.171 e. The first-order valence-corrected chi connectivity index (χ1v) is 6.20. The number of rotatable bonds is 5. The van der Waals surface area contributed by atoms with Gasteiger partial charge in [-0.1, -0.05) is 12.1 Å². The first-order valence-electron chi connectivity index (χ1n) is 6.20. The molecule has 1 aliphatic rings. The summed E-state index contributed by atoms with van der Waals surface area (Å²) in [6.45, 7) is 1.07. The van der Waals surface area contributed by atoms with Gasteiger partial charge in [0.15, 0.2) is 12.6 Å². The number of methoxy groups -OCH3 is 1. The van der Waals surface area contributed by atoms with E-state index in [1.807, 2.05) is 12.1 Å². The minimum atomic E-state index is -1.38. The molecular weight excluding hydrogens is 254 g/mol. The number of benzene rings is 1. The topological polar surface area (TPSA) is 33.7 Å². The van der Waals surface area contributed by atoms with Crippen LogP contribution in [0.25, 0.3) is 0 Å². The predicted molar refractivity (Wildman–Crippen MR) is 69.0 cm³/mol. The summed E-state index contributed by atoms with van der Waals surface area (Å²) in [7, 11) is 1.59. The van der Waals surface area contributed by atoms with Crippen molar-refractivity contribution in [3.63, 3.8) is 0 Å². The Labute approximate surface area is 111 Å². The number of piperazine rings is 1. The second-order valence-corrected chi connectivity index (χ2v) is 4.32. The highest BCUT2D eigenvalue weighted by Crippen LogP contribution is 2.29. The highest BCUT2D eigenvalue weighted by atomic mass is 19.2. The number of hydrogen-bond acceptors (Lipinski definition) is 4. The number of nitrogens with one attached hydrogen (secondary N) is 1. The maximum absolute atomic E-state index is 13.4. The van der Waals surface area contributed by atoms with Crippen molar-refractivity contribution in [1.29, 1.82) is 0 Å². The van der Waals surface area contributed by atoms with Crippen molar-refractivity contribution in [2.24, 2.45) is 0 Å². The monoisotopic (exact) mass is 272 g/mol. The van der Waals surface area contributed by atoms with Gasteiger partial charge < -0.3 is 14.4 Å². The van der Waals surface area contributed by atoms with E-state index in [2.05, 4.69) is 5.32 Å². The predicted octanol–water partition coefficient (Wildman–Crippen LogP) is 1.71. The van der Waals surface area contributed by atoms with Crippen molar-refractivity contribution in [2.75, 3.05) is 38.3 Å². The average Bonchev–Trinajstić information content (AvgIpc) is 2.38. The smallest absolute Gasteiger partial charge is 0.171 e. The van der Waals surface area contributed by atoms with Crippen LogP contribution in [0.3, 0.4) is 0 Å². The molecule has 0 radical (unpaired) electrons. The van der Waals surface area contributed by atoms with E-state index >= 15 is 0 Å². The van der Waals surface area contributed by atoms with Gasteiger partial charge in [-0.05, 0) is 12.1 Å². The molecule has 1 aromatic rings. The molecule has 1 aliphatic heterocycles. The average molecular weight is 272 g/mol. The van der Waals surface area contributed by atoms with Crippen LogP contribution in [0, 0.1) is 0 Å². The number of hydrogen-bond donors (Lipinski definition) is 1. The highest BCUT2D eigenvalue weighted by Gasteiger charge is 2.27. The summed E-state index contributed by atoms with van der Waals surface area (Å²) in [6, 6.07) is 7.23. The van der Waals surface area contributed by atoms with E-state index in [1.165, 1.54) is 0 Å². The third-order valence-electron chi connectivity index (χ3n) is 2.87. The molecular formula is C13H18F2N2O2. The molecule has 2 rings (SSSR count). The first-order chi connectivity index (χ1) is 9.20. The first kappa shape index (κ1) is 14.0. The molecule has 0 saturated carbocycles. The minimum Gasteiger partial charge on any atom is -0.489 e. The summed E-state index contributed by atoms with van der Waals surface area (Å²) < 4.78 is 37.2. The molecule has 1 heterocycles. The Kier molecular flexibility index (Phi) is 4.93. The van der Waals surface area contributed by atoms with E-state index in [0.717, 1.165) is 0 Å². The molecule has 0 amide bonds. The van der Waals surface area contributed by atoms with E-state index in [0.29, 0.717) is 24.7 Å². The lowest BCUT2D eigenvalue weighted by atomic mass is 10.2. The summed E-state index contributed by atoms with van der Waals surface area (Å²) in [4.78, 5) is 1.65. The molecule has 0 spiro atoms. The van der Waals surface area contributed by atoms with Crippen LogP contribution in [0.4, 0.5) is 14.5 Å². The highest BCUT2D eigenvalue weighted by molar-refractivity contribution is 5.58. The van der Waals surface area contributed by atoms with E-state index in [9.17, 15) is 8.78 Å². The van der Waals surface area contributed by atoms with E-state index in [-0.39, 0.29) is 13.1 Å². The van der Waals surface area contributed by atoms with Gasteiger partial charge in [0.05, 0.1) is 25.4 Å². The standard InChI is InChI=1S/C13H18F2N2O2/c1-18-6-7-19-11-5-3-2-4-10(11)17-8-12(14)16-13(15)9-17/h2-5,12-13,16H,6-9H2,1H3. The zero-order valence-electron chi connectivity index (χ0n) is 10.8. The Hall–Kier alpha value is -1.40. The number of para-hydroxylation sites is 2. The molecule has 1 N–H and O–H groups in total. The van der Waals surface area contributed by atoms with E-state index in [1.54, 1.807) is 24.1 Å². The van der Waals surface area contributed by atoms with Crippen LogP contribution in [0.2, 0.25) is 0 Å². The number of alkyl halides is 2. The van der Waals surface area contributed by atoms with Crippen molar-refractivity contribution >= 4 is 5.69 Å². The van der Waals surface area contributed by atoms with Crippen LogP contribution in [0.5, 0.6) is 5.75 Å². The largest absolute Gasteiger partial charge is 0.489 e. The zero-order valence-corrected chi connectivity index (χ0v) is 10.8. The molecule has 2 atom stereocenters. The van der Waals surface area contributed by atoms with Crippen LogP contribution in [0.15, 0.2) is 24.3 Å². The molecule has 2 unspecified atom stereocenters. The van der Waals surface area contributed by atoms with Gasteiger partial charge in [-0.2, -0.15) is 0 Å². The quantitative estimate of drug-likeness (QED) is 0.653. The Morgan fingerprint density at radius 3 is 2.58 bits per heavy atom. The fourth-order valence-corrected chi connectivity index (χ4v) is 2.04. The Morgan fingerprint density at radius 1 is 1.21 bits per heavy atom. The lowest BCUT2D eigenvalue weighted by molar-refractivity contribution is 0.140. The Morgan fingerprint density at radius 2 is 1.89 bits per heavy atom. The van der Waals surface area contributed by atoms with Crippen LogP contribution >= 0.6 is 0 Å². The summed E-state index contributed by atoms with van der Waals surface area (Å²) in [5.41, 5.74) is 0.699. The van der Waals surface area contributed by atoms with Gasteiger partial charge in [0.25, 0.3) is 0 Å². The van der Waals surface area contributed by atoms with Crippen LogP contribution < -0.4 is 15.0 Å². The van der Waals surface area contributed by atoms with Crippen LogP contribution in [-0.2, 0) is 4.74 Å². The second-order valence-electron chi connectivity index (χ2n) is 4.32. The van der Waals surface area contributed by atoms with E-state index < -0.39 is 12.6 Å². The molecule has 106 valence electrons. The van der Waals surface area contributed by atoms with Crippen molar-refractivity contribution < 1.29 is 18.3 Å². The van der Waals surface area contributed by atoms with Crippen molar-refractivity contribution in [1.82, 2.24) is 5.32 Å². The lowest BCUT2D eigenvalue weighted by Gasteiger charge is -2.34. The van der Waals surface area contributed by atoms with Crippen LogP contribution in [-0.4, -0.2) is 46.0 Å². The summed E-state index contributed by atoms with van der Waals surface area (Å²) in [6.07, 6.45) is -2.76. The van der Waals surface area contributed by atoms with Crippen molar-refractivity contribution in [3.05, 3.63) is 24.3 Å². The summed E-state index contributed by atoms with van der Waals surface area (Å²) in [5.74, 6) is 0.612. The molecule has 1 fully saturated rings. The molecule has 0 aromatic heterocycles. The second kappa shape index (κ2) is 6.68. The number of ether oxygens (including phenoxy) is 2. The maximum atomic E-state index is 13.4. The van der Waals surface area contributed by atoms with Gasteiger partial charge in [-0.15, -0.1) is 0 Å². The molecule has 1 aromatic carbocycles. The molecule has 4 nitrogen and oxygen atoms in total. The molecule has 19 heavy (non-hydrogen) atoms. The van der Waals surface area contributed by atoms with Gasteiger partial charge in [0.1, 0.15) is 12.4 Å². The third-order valence-corrected chi connectivity index (χ3v) is 2.87. The van der Waals surface area contributed by atoms with Gasteiger partial charge in [-0.25, -0.2) is 8.78 Å².